The van der Waals surface area contributed by atoms with Gasteiger partial charge >= 0.3 is 10.5 Å². The van der Waals surface area contributed by atoms with Crippen molar-refractivity contribution in [1.82, 2.24) is 5.32 Å². The molecule has 3 rings (SSSR count). The molecule has 0 bridgehead atoms. The van der Waals surface area contributed by atoms with E-state index in [1.165, 1.54) is 30.3 Å². The number of halogens is 3. The molecule has 27 heavy (non-hydrogen) atoms. The van der Waals surface area contributed by atoms with Gasteiger partial charge in [-0.25, -0.2) is 8.78 Å². The van der Waals surface area contributed by atoms with Gasteiger partial charge in [0.25, 0.3) is 0 Å². The number of nitrogens with zero attached hydrogens (tertiary/aromatic N) is 1. The highest BCUT2D eigenvalue weighted by atomic mass is 32.3. The van der Waals surface area contributed by atoms with E-state index in [0.717, 1.165) is 22.6 Å². The predicted molar refractivity (Wildman–Crippen MR) is 91.1 cm³/mol. The van der Waals surface area contributed by atoms with Crippen LogP contribution >= 0.6 is 0 Å². The molecule has 0 saturated carbocycles. The summed E-state index contributed by atoms with van der Waals surface area (Å²) in [5.74, 6) is -2.17. The van der Waals surface area contributed by atoms with Crippen molar-refractivity contribution < 1.29 is 30.1 Å². The van der Waals surface area contributed by atoms with Crippen molar-refractivity contribution in [3.63, 3.8) is 0 Å². The first-order valence-corrected chi connectivity index (χ1v) is 9.24. The van der Waals surface area contributed by atoms with E-state index in [4.69, 9.17) is 0 Å². The molecule has 0 spiro atoms. The Bertz CT molecular complexity index is 931. The van der Waals surface area contributed by atoms with E-state index in [2.05, 4.69) is 9.50 Å². The highest BCUT2D eigenvalue weighted by Gasteiger charge is 2.33. The van der Waals surface area contributed by atoms with Crippen LogP contribution in [-0.4, -0.2) is 26.9 Å². The molecule has 0 aliphatic carbocycles. The van der Waals surface area contributed by atoms with Crippen molar-refractivity contribution in [2.75, 3.05) is 11.4 Å². The number of hydrogen-bond acceptors (Lipinski definition) is 5. The molecule has 1 atom stereocenters. The number of nitrogens with one attached hydrogen (secondary N) is 1. The Hall–Kier alpha value is -2.59. The number of carbonyl (C=O) groups excluding carboxylic acids is 1. The van der Waals surface area contributed by atoms with E-state index in [1.54, 1.807) is 0 Å². The first-order chi connectivity index (χ1) is 12.7. The minimum Gasteiger partial charge on any atom is -0.358 e. The van der Waals surface area contributed by atoms with E-state index < -0.39 is 28.0 Å². The molecule has 1 aliphatic rings. The molecule has 1 fully saturated rings. The van der Waals surface area contributed by atoms with Crippen LogP contribution in [0.15, 0.2) is 42.5 Å². The van der Waals surface area contributed by atoms with Crippen LogP contribution in [0.2, 0.25) is 0 Å². The van der Waals surface area contributed by atoms with Crippen LogP contribution in [0.1, 0.15) is 12.0 Å². The molecule has 1 aliphatic heterocycles. The molecule has 1 saturated heterocycles. The average Bonchev–Trinajstić information content (AvgIpc) is 2.93. The molecule has 1 amide bonds. The van der Waals surface area contributed by atoms with E-state index >= 15 is 0 Å². The van der Waals surface area contributed by atoms with E-state index in [0.29, 0.717) is 6.54 Å². The Morgan fingerprint density at radius 3 is 2.33 bits per heavy atom. The number of anilines is 1. The maximum absolute atomic E-state index is 13.9. The lowest BCUT2D eigenvalue weighted by molar-refractivity contribution is -0.117. The van der Waals surface area contributed by atoms with Crippen molar-refractivity contribution in [3.05, 3.63) is 59.7 Å². The molecular weight excluding hydrogens is 385 g/mol. The first-order valence-electron chi connectivity index (χ1n) is 7.94. The molecule has 2 aromatic rings. The third-order valence-electron chi connectivity index (χ3n) is 4.05. The van der Waals surface area contributed by atoms with Crippen molar-refractivity contribution in [3.8, 4) is 5.75 Å². The fourth-order valence-corrected chi connectivity index (χ4v) is 3.19. The van der Waals surface area contributed by atoms with Gasteiger partial charge in [0.15, 0.2) is 0 Å². The van der Waals surface area contributed by atoms with Crippen LogP contribution in [0.25, 0.3) is 0 Å². The van der Waals surface area contributed by atoms with Gasteiger partial charge in [-0.05, 0) is 29.8 Å². The normalized spacial score (nSPS) is 17.4. The molecule has 144 valence electrons. The van der Waals surface area contributed by atoms with Gasteiger partial charge in [-0.2, -0.15) is 8.42 Å². The fraction of sp³-hybridized carbons (Fsp3) is 0.235. The van der Waals surface area contributed by atoms with E-state index in [-0.39, 0.29) is 30.4 Å². The largest absolute Gasteiger partial charge is 0.488 e. The van der Waals surface area contributed by atoms with Gasteiger partial charge in [0.05, 0.1) is 0 Å². The topological polar surface area (TPSA) is 75.7 Å². The summed E-state index contributed by atoms with van der Waals surface area (Å²) in [5.41, 5.74) is 0.363. The summed E-state index contributed by atoms with van der Waals surface area (Å²) in [6, 6.07) is 8.72. The summed E-state index contributed by atoms with van der Waals surface area (Å²) in [7, 11) is -5.08. The summed E-state index contributed by atoms with van der Waals surface area (Å²) < 4.78 is 65.1. The van der Waals surface area contributed by atoms with Crippen molar-refractivity contribution in [2.45, 2.75) is 19.0 Å². The average molecular weight is 400 g/mol. The molecule has 1 heterocycles. The Morgan fingerprint density at radius 1 is 1.11 bits per heavy atom. The van der Waals surface area contributed by atoms with Crippen molar-refractivity contribution in [2.24, 2.45) is 0 Å². The van der Waals surface area contributed by atoms with Crippen LogP contribution in [0.3, 0.4) is 0 Å². The van der Waals surface area contributed by atoms with Crippen LogP contribution in [-0.2, 0) is 21.8 Å². The molecule has 6 nitrogen and oxygen atoms in total. The molecule has 10 heteroatoms. The number of carbonyl (C=O) groups is 1. The number of hydrogen-bond donors (Lipinski definition) is 1. The molecule has 0 radical (unpaired) electrons. The summed E-state index contributed by atoms with van der Waals surface area (Å²) in [4.78, 5) is 13.2. The van der Waals surface area contributed by atoms with Gasteiger partial charge in [-0.1, -0.05) is 22.1 Å². The standard InChI is InChI=1S/C17H15F3N2O4S/c18-14-2-1-3-15(19)17(14)22-10-12(8-16(22)23)21-9-11-4-6-13(7-5-11)26-27(20,24)25/h1-7,12,21H,8-10H2. The number of para-hydroxylation sites is 1. The van der Waals surface area contributed by atoms with E-state index in [9.17, 15) is 25.9 Å². The Morgan fingerprint density at radius 2 is 1.74 bits per heavy atom. The minimum absolute atomic E-state index is 0.0784. The Kier molecular flexibility index (Phi) is 5.38. The van der Waals surface area contributed by atoms with Gasteiger partial charge < -0.3 is 14.4 Å². The fourth-order valence-electron chi connectivity index (χ4n) is 2.85. The van der Waals surface area contributed by atoms with Gasteiger partial charge in [0, 0.05) is 25.6 Å². The second-order valence-corrected chi connectivity index (χ2v) is 6.93. The van der Waals surface area contributed by atoms with Gasteiger partial charge in [0.1, 0.15) is 23.1 Å². The smallest absolute Gasteiger partial charge is 0.358 e. The number of rotatable bonds is 6. The number of amides is 1. The zero-order valence-electron chi connectivity index (χ0n) is 13.9. The number of benzene rings is 2. The van der Waals surface area contributed by atoms with E-state index in [1.807, 2.05) is 0 Å². The lowest BCUT2D eigenvalue weighted by Crippen LogP contribution is -2.33. The van der Waals surface area contributed by atoms with Crippen LogP contribution in [0.5, 0.6) is 5.75 Å². The van der Waals surface area contributed by atoms with Crippen LogP contribution < -0.4 is 14.4 Å². The SMILES string of the molecule is O=C1CC(NCc2ccc(OS(=O)(=O)F)cc2)CN1c1c(F)cccc1F. The summed E-state index contributed by atoms with van der Waals surface area (Å²) in [5, 5.41) is 3.09. The maximum atomic E-state index is 13.9. The first kappa shape index (κ1) is 19.2. The van der Waals surface area contributed by atoms with Gasteiger partial charge in [-0.3, -0.25) is 4.79 Å². The molecule has 2 aromatic carbocycles. The summed E-state index contributed by atoms with van der Waals surface area (Å²) in [6.07, 6.45) is 0.0784. The van der Waals surface area contributed by atoms with Crippen LogP contribution in [0, 0.1) is 11.6 Å². The summed E-state index contributed by atoms with van der Waals surface area (Å²) in [6.45, 7) is 0.423. The van der Waals surface area contributed by atoms with Gasteiger partial charge in [0.2, 0.25) is 5.91 Å². The zero-order valence-corrected chi connectivity index (χ0v) is 14.7. The Balaban J connectivity index is 1.61. The Labute approximate surface area is 154 Å². The summed E-state index contributed by atoms with van der Waals surface area (Å²) >= 11 is 0. The molecular formula is C17H15F3N2O4S. The minimum atomic E-state index is -5.08. The predicted octanol–water partition coefficient (Wildman–Crippen LogP) is 2.45. The zero-order chi connectivity index (χ0) is 19.6. The molecule has 1 N–H and O–H groups in total. The second kappa shape index (κ2) is 7.57. The second-order valence-electron chi connectivity index (χ2n) is 5.98. The third kappa shape index (κ3) is 4.77. The third-order valence-corrected chi connectivity index (χ3v) is 4.44. The lowest BCUT2D eigenvalue weighted by atomic mass is 10.2. The van der Waals surface area contributed by atoms with Crippen molar-refractivity contribution in [1.29, 1.82) is 0 Å². The highest BCUT2D eigenvalue weighted by Crippen LogP contribution is 2.27. The van der Waals surface area contributed by atoms with Crippen LogP contribution in [0.4, 0.5) is 18.4 Å². The highest BCUT2D eigenvalue weighted by molar-refractivity contribution is 7.81. The molecule has 0 aromatic heterocycles. The lowest BCUT2D eigenvalue weighted by Gasteiger charge is -2.18. The van der Waals surface area contributed by atoms with Crippen molar-refractivity contribution >= 4 is 22.1 Å². The monoisotopic (exact) mass is 400 g/mol. The quantitative estimate of drug-likeness (QED) is 0.754. The molecule has 1 unspecified atom stereocenters. The maximum Gasteiger partial charge on any atom is 0.488 e. The van der Waals surface area contributed by atoms with Gasteiger partial charge in [-0.15, -0.1) is 0 Å².